The smallest absolute Gasteiger partial charge is 0.306 e. The van der Waals surface area contributed by atoms with Crippen molar-refractivity contribution in [2.45, 2.75) is 289 Å². The van der Waals surface area contributed by atoms with Gasteiger partial charge < -0.3 is 20.3 Å². The van der Waals surface area contributed by atoms with Crippen LogP contribution in [0.3, 0.4) is 0 Å². The van der Waals surface area contributed by atoms with Crippen LogP contribution in [0.1, 0.15) is 271 Å². The number of nitrogens with one attached hydrogen (secondary N) is 1. The highest BCUT2D eigenvalue weighted by Crippen LogP contribution is 2.18. The predicted molar refractivity (Wildman–Crippen MR) is 269 cm³/mol. The molecule has 1 amide bonds. The maximum absolute atomic E-state index is 13.2. The van der Waals surface area contributed by atoms with Crippen LogP contribution in [0.2, 0.25) is 0 Å². The molecule has 0 bridgehead atoms. The van der Waals surface area contributed by atoms with Crippen LogP contribution in [0.25, 0.3) is 0 Å². The maximum Gasteiger partial charge on any atom is 0.306 e. The van der Waals surface area contributed by atoms with Crippen molar-refractivity contribution in [1.82, 2.24) is 5.32 Å². The Hall–Kier alpha value is -2.18. The molecule has 0 rings (SSSR count). The molecular weight excluding hydrogens is 767 g/mol. The fourth-order valence-corrected chi connectivity index (χ4v) is 8.14. The minimum Gasteiger partial charge on any atom is -0.462 e. The highest BCUT2D eigenvalue weighted by atomic mass is 16.5. The number of ether oxygens (including phenoxy) is 1. The van der Waals surface area contributed by atoms with Crippen LogP contribution in [0, 0.1) is 0 Å². The van der Waals surface area contributed by atoms with Gasteiger partial charge in [-0.3, -0.25) is 9.59 Å². The Morgan fingerprint density at radius 3 is 1.39 bits per heavy atom. The highest BCUT2D eigenvalue weighted by molar-refractivity contribution is 5.77. The standard InChI is InChI=1S/C56H103NO5/c1-4-7-10-13-16-19-22-25-27-29-30-33-36-39-42-45-48-54(59)53(51-58)57-55(60)50-52(47-44-41-38-35-32-24-21-18-15-12-9-6-3)62-56(61)49-46-43-40-37-34-31-28-26-23-20-17-14-11-8-5-2/h8,11,14,17,20,23,35,38,52-54,58-59H,4-7,9-10,12-13,15-16,18-19,21-22,24-34,36-37,39-51H2,1-3H3,(H,57,60)/b11-8+,17-14+,23-20+,38-35-. The fourth-order valence-electron chi connectivity index (χ4n) is 8.14. The van der Waals surface area contributed by atoms with E-state index in [0.29, 0.717) is 19.3 Å². The summed E-state index contributed by atoms with van der Waals surface area (Å²) in [5.74, 6) is -0.510. The third kappa shape index (κ3) is 44.4. The molecule has 0 fully saturated rings. The van der Waals surface area contributed by atoms with Crippen molar-refractivity contribution in [2.75, 3.05) is 6.61 Å². The van der Waals surface area contributed by atoms with Crippen LogP contribution in [0.15, 0.2) is 48.6 Å². The van der Waals surface area contributed by atoms with Gasteiger partial charge in [-0.2, -0.15) is 0 Å². The van der Waals surface area contributed by atoms with E-state index in [1.54, 1.807) is 0 Å². The highest BCUT2D eigenvalue weighted by Gasteiger charge is 2.24. The van der Waals surface area contributed by atoms with Gasteiger partial charge in [0.25, 0.3) is 0 Å². The van der Waals surface area contributed by atoms with Gasteiger partial charge in [-0.25, -0.2) is 0 Å². The largest absolute Gasteiger partial charge is 0.462 e. The van der Waals surface area contributed by atoms with Crippen LogP contribution >= 0.6 is 0 Å². The van der Waals surface area contributed by atoms with Crippen LogP contribution in [0.5, 0.6) is 0 Å². The van der Waals surface area contributed by atoms with Crippen molar-refractivity contribution in [3.8, 4) is 0 Å². The molecule has 0 radical (unpaired) electrons. The first-order chi connectivity index (χ1) is 30.5. The number of hydrogen-bond acceptors (Lipinski definition) is 5. The first-order valence-corrected chi connectivity index (χ1v) is 26.9. The monoisotopic (exact) mass is 870 g/mol. The van der Waals surface area contributed by atoms with Crippen molar-refractivity contribution < 1.29 is 24.5 Å². The number of aliphatic hydroxyl groups excluding tert-OH is 2. The molecule has 3 atom stereocenters. The summed E-state index contributed by atoms with van der Waals surface area (Å²) < 4.78 is 5.92. The summed E-state index contributed by atoms with van der Waals surface area (Å²) in [5, 5.41) is 23.8. The van der Waals surface area contributed by atoms with Crippen molar-refractivity contribution in [3.05, 3.63) is 48.6 Å². The van der Waals surface area contributed by atoms with E-state index in [0.717, 1.165) is 70.6 Å². The van der Waals surface area contributed by atoms with Gasteiger partial charge >= 0.3 is 5.97 Å². The molecular formula is C56H103NO5. The molecule has 0 spiro atoms. The number of esters is 1. The molecule has 0 aliphatic carbocycles. The predicted octanol–water partition coefficient (Wildman–Crippen LogP) is 16.2. The molecule has 62 heavy (non-hydrogen) atoms. The van der Waals surface area contributed by atoms with Gasteiger partial charge in [-0.15, -0.1) is 0 Å². The van der Waals surface area contributed by atoms with E-state index in [-0.39, 0.29) is 24.9 Å². The topological polar surface area (TPSA) is 95.9 Å². The van der Waals surface area contributed by atoms with Gasteiger partial charge in [0.2, 0.25) is 5.91 Å². The van der Waals surface area contributed by atoms with E-state index in [1.165, 1.54) is 154 Å². The Balaban J connectivity index is 4.54. The zero-order valence-electron chi connectivity index (χ0n) is 41.3. The fraction of sp³-hybridized carbons (Fsp3) is 0.821. The summed E-state index contributed by atoms with van der Waals surface area (Å²) in [7, 11) is 0. The molecule has 0 aromatic carbocycles. The lowest BCUT2D eigenvalue weighted by Crippen LogP contribution is -2.46. The lowest BCUT2D eigenvalue weighted by molar-refractivity contribution is -0.151. The average molecular weight is 870 g/mol. The average Bonchev–Trinajstić information content (AvgIpc) is 3.26. The molecule has 6 heteroatoms. The summed E-state index contributed by atoms with van der Waals surface area (Å²) in [4.78, 5) is 26.1. The third-order valence-electron chi connectivity index (χ3n) is 12.2. The van der Waals surface area contributed by atoms with Crippen LogP contribution in [-0.2, 0) is 14.3 Å². The number of carbonyl (C=O) groups is 2. The molecule has 0 saturated carbocycles. The van der Waals surface area contributed by atoms with Gasteiger partial charge in [-0.1, -0.05) is 243 Å². The van der Waals surface area contributed by atoms with Crippen LogP contribution < -0.4 is 5.32 Å². The first-order valence-electron chi connectivity index (χ1n) is 26.9. The quantitative estimate of drug-likeness (QED) is 0.0245. The number of hydrogen-bond donors (Lipinski definition) is 3. The second kappa shape index (κ2) is 49.8. The van der Waals surface area contributed by atoms with Gasteiger partial charge in [0.15, 0.2) is 0 Å². The van der Waals surface area contributed by atoms with E-state index >= 15 is 0 Å². The molecule has 6 nitrogen and oxygen atoms in total. The van der Waals surface area contributed by atoms with E-state index < -0.39 is 18.2 Å². The number of amides is 1. The summed E-state index contributed by atoms with van der Waals surface area (Å²) in [6, 6.07) is -0.712. The number of carbonyl (C=O) groups excluding carboxylic acids is 2. The minimum absolute atomic E-state index is 0.0527. The SMILES string of the molecule is CC/C=C/C=C/C=C/CCCCCCCCCC(=O)OC(CCC/C=C\CCCCCCCCC)CC(=O)NC(CO)C(O)CCCCCCCCCCCCCCCCCC. The molecule has 0 heterocycles. The van der Waals surface area contributed by atoms with Gasteiger partial charge in [-0.05, 0) is 64.2 Å². The maximum atomic E-state index is 13.2. The van der Waals surface area contributed by atoms with Gasteiger partial charge in [0.05, 0.1) is 25.2 Å². The summed E-state index contributed by atoms with van der Waals surface area (Å²) >= 11 is 0. The van der Waals surface area contributed by atoms with Crippen LogP contribution in [0.4, 0.5) is 0 Å². The zero-order valence-corrected chi connectivity index (χ0v) is 41.3. The van der Waals surface area contributed by atoms with Crippen molar-refractivity contribution in [1.29, 1.82) is 0 Å². The van der Waals surface area contributed by atoms with Gasteiger partial charge in [0, 0.05) is 6.42 Å². The second-order valence-corrected chi connectivity index (χ2v) is 18.3. The molecule has 3 N–H and O–H groups in total. The Morgan fingerprint density at radius 2 is 0.903 bits per heavy atom. The number of rotatable bonds is 48. The summed E-state index contributed by atoms with van der Waals surface area (Å²) in [6.45, 7) is 6.36. The third-order valence-corrected chi connectivity index (χ3v) is 12.2. The zero-order chi connectivity index (χ0) is 45.2. The molecule has 3 unspecified atom stereocenters. The normalized spacial score (nSPS) is 13.6. The van der Waals surface area contributed by atoms with Crippen LogP contribution in [-0.4, -0.2) is 46.9 Å². The Bertz CT molecular complexity index is 1070. The summed E-state index contributed by atoms with van der Waals surface area (Å²) in [6.07, 6.45) is 60.3. The summed E-state index contributed by atoms with van der Waals surface area (Å²) in [5.41, 5.74) is 0. The second-order valence-electron chi connectivity index (χ2n) is 18.3. The minimum atomic E-state index is -0.796. The molecule has 0 aliphatic rings. The molecule has 0 aliphatic heterocycles. The van der Waals surface area contributed by atoms with E-state index in [2.05, 4.69) is 74.7 Å². The first kappa shape index (κ1) is 59.8. The number of unbranched alkanes of at least 4 members (excludes halogenated alkanes) is 30. The number of aliphatic hydroxyl groups is 2. The molecule has 362 valence electrons. The van der Waals surface area contributed by atoms with E-state index in [9.17, 15) is 19.8 Å². The lowest BCUT2D eigenvalue weighted by Gasteiger charge is -2.24. The van der Waals surface area contributed by atoms with Gasteiger partial charge in [0.1, 0.15) is 6.10 Å². The lowest BCUT2D eigenvalue weighted by atomic mass is 10.0. The van der Waals surface area contributed by atoms with Crippen molar-refractivity contribution >= 4 is 11.9 Å². The molecule has 0 saturated heterocycles. The van der Waals surface area contributed by atoms with Crippen molar-refractivity contribution in [3.63, 3.8) is 0 Å². The Kier molecular flexibility index (Phi) is 48.1. The van der Waals surface area contributed by atoms with Crippen molar-refractivity contribution in [2.24, 2.45) is 0 Å². The Labute approximate surface area is 385 Å². The van der Waals surface area contributed by atoms with E-state index in [1.807, 2.05) is 0 Å². The number of allylic oxidation sites excluding steroid dienone is 8. The Morgan fingerprint density at radius 1 is 0.484 bits per heavy atom. The molecule has 0 aromatic rings. The molecule has 0 aromatic heterocycles. The van der Waals surface area contributed by atoms with E-state index in [4.69, 9.17) is 4.74 Å².